The fourth-order valence-electron chi connectivity index (χ4n) is 1.20. The summed E-state index contributed by atoms with van der Waals surface area (Å²) in [6.45, 7) is 0. The molecule has 1 heterocycles. The summed E-state index contributed by atoms with van der Waals surface area (Å²) in [5.41, 5.74) is -1.56. The Morgan fingerprint density at radius 2 is 1.69 bits per heavy atom. The fraction of sp³-hybridized carbons (Fsp3) is 0. The molecule has 0 amide bonds. The second-order valence-electron chi connectivity index (χ2n) is 2.69. The number of nitrogens with zero attached hydrogens (tertiary/aromatic N) is 6. The van der Waals surface area contributed by atoms with Crippen molar-refractivity contribution >= 4 is 22.4 Å². The van der Waals surface area contributed by atoms with Crippen molar-refractivity contribution in [2.24, 2.45) is 0 Å². The highest BCUT2D eigenvalue weighted by atomic mass is 16.6. The summed E-state index contributed by atoms with van der Waals surface area (Å²) in [6, 6.07) is 2.21. The van der Waals surface area contributed by atoms with Crippen LogP contribution in [0.3, 0.4) is 0 Å². The molecule has 0 spiro atoms. The highest BCUT2D eigenvalue weighted by Crippen LogP contribution is 2.31. The third-order valence-corrected chi connectivity index (χ3v) is 1.83. The van der Waals surface area contributed by atoms with E-state index >= 15 is 0 Å². The quantitative estimate of drug-likeness (QED) is 0.519. The van der Waals surface area contributed by atoms with Gasteiger partial charge in [-0.2, -0.15) is 0 Å². The molecule has 80 valence electrons. The lowest BCUT2D eigenvalue weighted by atomic mass is 10.2. The van der Waals surface area contributed by atoms with E-state index in [1.54, 1.807) is 0 Å². The minimum absolute atomic E-state index is 0.0762. The first-order valence-electron chi connectivity index (χ1n) is 3.89. The monoisotopic (exact) mass is 222 g/mol. The zero-order chi connectivity index (χ0) is 11.7. The van der Waals surface area contributed by atoms with Crippen LogP contribution in [-0.2, 0) is 0 Å². The summed E-state index contributed by atoms with van der Waals surface area (Å²) < 4.78 is 0. The summed E-state index contributed by atoms with van der Waals surface area (Å²) in [6.07, 6.45) is 0. The van der Waals surface area contributed by atoms with Crippen LogP contribution in [0.2, 0.25) is 0 Å². The van der Waals surface area contributed by atoms with Crippen molar-refractivity contribution in [1.82, 2.24) is 20.6 Å². The number of benzene rings is 1. The number of aromatic nitrogens is 4. The van der Waals surface area contributed by atoms with Crippen LogP contribution in [0.15, 0.2) is 12.1 Å². The summed E-state index contributed by atoms with van der Waals surface area (Å²) in [4.78, 5) is 19.6. The molecule has 0 unspecified atom stereocenters. The smallest absolute Gasteiger partial charge is 0.258 e. The standard InChI is InChI=1S/C6H2N6O4/c13-11(14)4-2-1-3-5(6(4)12(15)16)8-10-9-7-3/h1-2H. The first-order chi connectivity index (χ1) is 7.61. The van der Waals surface area contributed by atoms with Crippen LogP contribution < -0.4 is 0 Å². The van der Waals surface area contributed by atoms with E-state index in [1.807, 2.05) is 0 Å². The lowest BCUT2D eigenvalue weighted by molar-refractivity contribution is -0.421. The summed E-state index contributed by atoms with van der Waals surface area (Å²) in [5, 5.41) is 34.5. The number of hydrogen-bond acceptors (Lipinski definition) is 8. The molecule has 1 aromatic carbocycles. The molecule has 0 aliphatic rings. The Labute approximate surface area is 86.2 Å². The fourth-order valence-corrected chi connectivity index (χ4v) is 1.20. The molecule has 10 heteroatoms. The summed E-state index contributed by atoms with van der Waals surface area (Å²) in [5.74, 6) is 0. The van der Waals surface area contributed by atoms with Gasteiger partial charge in [-0.3, -0.25) is 20.2 Å². The highest BCUT2D eigenvalue weighted by Gasteiger charge is 2.29. The zero-order valence-corrected chi connectivity index (χ0v) is 7.47. The van der Waals surface area contributed by atoms with Crippen molar-refractivity contribution in [3.05, 3.63) is 32.4 Å². The van der Waals surface area contributed by atoms with Crippen molar-refractivity contribution in [2.75, 3.05) is 0 Å². The van der Waals surface area contributed by atoms with Gasteiger partial charge in [-0.25, -0.2) is 0 Å². The van der Waals surface area contributed by atoms with E-state index in [-0.39, 0.29) is 11.0 Å². The average molecular weight is 222 g/mol. The van der Waals surface area contributed by atoms with E-state index in [2.05, 4.69) is 20.6 Å². The van der Waals surface area contributed by atoms with Gasteiger partial charge in [0, 0.05) is 6.07 Å². The highest BCUT2D eigenvalue weighted by molar-refractivity contribution is 5.88. The number of nitro benzene ring substituents is 2. The van der Waals surface area contributed by atoms with E-state index in [1.165, 1.54) is 6.07 Å². The Bertz CT molecular complexity index is 599. The van der Waals surface area contributed by atoms with Gasteiger partial charge in [0.15, 0.2) is 5.52 Å². The largest absolute Gasteiger partial charge is 0.375 e. The second kappa shape index (κ2) is 3.42. The van der Waals surface area contributed by atoms with Gasteiger partial charge < -0.3 is 0 Å². The van der Waals surface area contributed by atoms with Crippen LogP contribution in [0.25, 0.3) is 11.0 Å². The molecule has 2 aromatic rings. The van der Waals surface area contributed by atoms with Crippen molar-refractivity contribution in [3.8, 4) is 0 Å². The predicted octanol–water partition coefficient (Wildman–Crippen LogP) is 0.236. The average Bonchev–Trinajstić information content (AvgIpc) is 2.27. The minimum atomic E-state index is -0.892. The van der Waals surface area contributed by atoms with Crippen LogP contribution in [-0.4, -0.2) is 30.5 Å². The van der Waals surface area contributed by atoms with E-state index in [0.29, 0.717) is 0 Å². The molecule has 0 radical (unpaired) electrons. The normalized spacial score (nSPS) is 10.2. The van der Waals surface area contributed by atoms with E-state index < -0.39 is 21.2 Å². The first kappa shape index (κ1) is 9.76. The van der Waals surface area contributed by atoms with Crippen LogP contribution in [0.5, 0.6) is 0 Å². The van der Waals surface area contributed by atoms with Crippen LogP contribution in [0.1, 0.15) is 0 Å². The third kappa shape index (κ3) is 1.37. The predicted molar refractivity (Wildman–Crippen MR) is 48.4 cm³/mol. The first-order valence-corrected chi connectivity index (χ1v) is 3.89. The Morgan fingerprint density at radius 3 is 2.31 bits per heavy atom. The second-order valence-corrected chi connectivity index (χ2v) is 2.69. The molecular formula is C6H2N6O4. The minimum Gasteiger partial charge on any atom is -0.258 e. The Kier molecular flexibility index (Phi) is 2.08. The molecule has 0 fully saturated rings. The maximum atomic E-state index is 10.7. The molecule has 2 rings (SSSR count). The molecule has 16 heavy (non-hydrogen) atoms. The number of nitro groups is 2. The van der Waals surface area contributed by atoms with Crippen LogP contribution >= 0.6 is 0 Å². The molecule has 0 aliphatic carbocycles. The van der Waals surface area contributed by atoms with Gasteiger partial charge in [-0.1, -0.05) is 0 Å². The molecule has 0 atom stereocenters. The van der Waals surface area contributed by atoms with Gasteiger partial charge in [-0.15, -0.1) is 10.2 Å². The summed E-state index contributed by atoms with van der Waals surface area (Å²) >= 11 is 0. The van der Waals surface area contributed by atoms with Gasteiger partial charge in [0.25, 0.3) is 0 Å². The van der Waals surface area contributed by atoms with Crippen LogP contribution in [0.4, 0.5) is 11.4 Å². The molecule has 0 bridgehead atoms. The van der Waals surface area contributed by atoms with E-state index in [9.17, 15) is 20.2 Å². The van der Waals surface area contributed by atoms with Gasteiger partial charge in [-0.05, 0) is 16.5 Å². The van der Waals surface area contributed by atoms with Crippen molar-refractivity contribution in [3.63, 3.8) is 0 Å². The molecule has 1 aromatic heterocycles. The maximum absolute atomic E-state index is 10.7. The van der Waals surface area contributed by atoms with Gasteiger partial charge in [0.2, 0.25) is 0 Å². The maximum Gasteiger partial charge on any atom is 0.375 e. The van der Waals surface area contributed by atoms with Gasteiger partial charge in [0.1, 0.15) is 5.52 Å². The number of hydrogen-bond donors (Lipinski definition) is 0. The van der Waals surface area contributed by atoms with Crippen molar-refractivity contribution in [1.29, 1.82) is 0 Å². The Balaban J connectivity index is 2.90. The van der Waals surface area contributed by atoms with E-state index in [4.69, 9.17) is 0 Å². The molecule has 10 nitrogen and oxygen atoms in total. The van der Waals surface area contributed by atoms with Crippen molar-refractivity contribution in [2.45, 2.75) is 0 Å². The molecule has 0 saturated carbocycles. The number of rotatable bonds is 2. The topological polar surface area (TPSA) is 138 Å². The SMILES string of the molecule is O=[N+]([O-])c1ccc2nnnnc2c1[N+](=O)[O-]. The Morgan fingerprint density at radius 1 is 1.00 bits per heavy atom. The lowest BCUT2D eigenvalue weighted by Crippen LogP contribution is -2.01. The zero-order valence-electron chi connectivity index (χ0n) is 7.47. The Hall–Kier alpha value is -2.78. The molecule has 0 saturated heterocycles. The molecule has 0 aliphatic heterocycles. The molecule has 0 N–H and O–H groups in total. The lowest BCUT2D eigenvalue weighted by Gasteiger charge is -1.96. The molecular weight excluding hydrogens is 220 g/mol. The van der Waals surface area contributed by atoms with Crippen molar-refractivity contribution < 1.29 is 9.85 Å². The summed E-state index contributed by atoms with van der Waals surface area (Å²) in [7, 11) is 0. The van der Waals surface area contributed by atoms with E-state index in [0.717, 1.165) is 6.07 Å². The van der Waals surface area contributed by atoms with Gasteiger partial charge in [0.05, 0.1) is 9.85 Å². The number of fused-ring (bicyclic) bond motifs is 1. The third-order valence-electron chi connectivity index (χ3n) is 1.83. The van der Waals surface area contributed by atoms with Crippen LogP contribution in [0, 0.1) is 20.2 Å². The van der Waals surface area contributed by atoms with Gasteiger partial charge >= 0.3 is 11.4 Å².